The Morgan fingerprint density at radius 2 is 2.22 bits per heavy atom. The molecule has 1 heterocycles. The zero-order chi connectivity index (χ0) is 7.11. The molecular weight excluding hydrogens is 118 g/mol. The summed E-state index contributed by atoms with van der Waals surface area (Å²) < 4.78 is 0. The van der Waals surface area contributed by atoms with Gasteiger partial charge in [-0.25, -0.2) is 0 Å². The predicted octanol–water partition coefficient (Wildman–Crippen LogP) is -0.661. The van der Waals surface area contributed by atoms with E-state index in [4.69, 9.17) is 10.2 Å². The third-order valence-corrected chi connectivity index (χ3v) is 1.03. The Labute approximate surface area is 55.7 Å². The molecule has 1 aliphatic rings. The molecule has 0 bridgehead atoms. The van der Waals surface area contributed by atoms with Crippen LogP contribution in [0.3, 0.4) is 0 Å². The number of aliphatic hydroxyl groups is 2. The van der Waals surface area contributed by atoms with E-state index in [-0.39, 0.29) is 12.7 Å². The third kappa shape index (κ3) is 5.76. The largest absolute Gasteiger partial charge is 0.397 e. The smallest absolute Gasteiger partial charge is 0.0676 e. The predicted molar refractivity (Wildman–Crippen MR) is 36.3 cm³/mol. The molecule has 0 spiro atoms. The van der Waals surface area contributed by atoms with E-state index in [9.17, 15) is 0 Å². The van der Waals surface area contributed by atoms with E-state index in [2.05, 4.69) is 5.32 Å². The van der Waals surface area contributed by atoms with Gasteiger partial charge in [-0.2, -0.15) is 0 Å². The normalized spacial score (nSPS) is 25.0. The number of β-amino-alcohol motifs (C(OH)–C–C–N with tert-alkyl or cyclic N) is 1. The highest BCUT2D eigenvalue weighted by atomic mass is 16.3. The van der Waals surface area contributed by atoms with E-state index in [1.807, 2.05) is 0 Å². The maximum Gasteiger partial charge on any atom is 0.0676 e. The molecule has 0 aliphatic carbocycles. The van der Waals surface area contributed by atoms with Crippen molar-refractivity contribution in [3.05, 3.63) is 0 Å². The SMILES string of the molecule is CCO.O[C@@H]1CCNC1. The second kappa shape index (κ2) is 6.01. The summed E-state index contributed by atoms with van der Waals surface area (Å²) in [6.07, 6.45) is 0.866. The first-order valence-corrected chi connectivity index (χ1v) is 3.31. The fourth-order valence-electron chi connectivity index (χ4n) is 0.639. The molecule has 1 aliphatic heterocycles. The van der Waals surface area contributed by atoms with E-state index < -0.39 is 0 Å². The van der Waals surface area contributed by atoms with Crippen LogP contribution < -0.4 is 5.32 Å². The molecule has 0 amide bonds. The Morgan fingerprint density at radius 1 is 1.67 bits per heavy atom. The maximum atomic E-state index is 8.67. The Kier molecular flexibility index (Phi) is 5.93. The summed E-state index contributed by atoms with van der Waals surface area (Å²) in [4.78, 5) is 0. The standard InChI is InChI=1S/C4H9NO.C2H6O/c6-4-1-2-5-3-4;1-2-3/h4-6H,1-3H2;3H,2H2,1H3/t4-;/m1./s1. The zero-order valence-electron chi connectivity index (χ0n) is 5.80. The molecule has 0 aromatic carbocycles. The van der Waals surface area contributed by atoms with Gasteiger partial charge in [0, 0.05) is 13.2 Å². The van der Waals surface area contributed by atoms with Gasteiger partial charge in [-0.3, -0.25) is 0 Å². The summed E-state index contributed by atoms with van der Waals surface area (Å²) in [5.41, 5.74) is 0. The summed E-state index contributed by atoms with van der Waals surface area (Å²) in [7, 11) is 0. The summed E-state index contributed by atoms with van der Waals surface area (Å²) >= 11 is 0. The van der Waals surface area contributed by atoms with Crippen LogP contribution in [0, 0.1) is 0 Å². The van der Waals surface area contributed by atoms with Gasteiger partial charge in [-0.1, -0.05) is 0 Å². The number of hydrogen-bond acceptors (Lipinski definition) is 3. The van der Waals surface area contributed by atoms with Gasteiger partial charge in [-0.15, -0.1) is 0 Å². The molecule has 0 saturated carbocycles. The van der Waals surface area contributed by atoms with Crippen LogP contribution in [-0.4, -0.2) is 36.0 Å². The summed E-state index contributed by atoms with van der Waals surface area (Å²) in [5, 5.41) is 19.3. The van der Waals surface area contributed by atoms with E-state index >= 15 is 0 Å². The van der Waals surface area contributed by atoms with Gasteiger partial charge in [0.1, 0.15) is 0 Å². The maximum absolute atomic E-state index is 8.67. The minimum Gasteiger partial charge on any atom is -0.397 e. The van der Waals surface area contributed by atoms with Crippen molar-refractivity contribution in [2.75, 3.05) is 19.7 Å². The monoisotopic (exact) mass is 133 g/mol. The molecular formula is C6H15NO2. The average Bonchev–Trinajstić information content (AvgIpc) is 2.20. The molecule has 56 valence electrons. The summed E-state index contributed by atoms with van der Waals surface area (Å²) in [6, 6.07) is 0. The minimum atomic E-state index is -0.0648. The Balaban J connectivity index is 0.000000187. The highest BCUT2D eigenvalue weighted by Gasteiger charge is 2.08. The minimum absolute atomic E-state index is 0.0648. The highest BCUT2D eigenvalue weighted by molar-refractivity contribution is 4.67. The lowest BCUT2D eigenvalue weighted by Crippen LogP contribution is -2.11. The van der Waals surface area contributed by atoms with Crippen LogP contribution in [0.2, 0.25) is 0 Å². The fraction of sp³-hybridized carbons (Fsp3) is 1.00. The lowest BCUT2D eigenvalue weighted by molar-refractivity contribution is 0.196. The van der Waals surface area contributed by atoms with Gasteiger partial charge in [-0.05, 0) is 19.9 Å². The first-order chi connectivity index (χ1) is 4.31. The fourth-order valence-corrected chi connectivity index (χ4v) is 0.639. The highest BCUT2D eigenvalue weighted by Crippen LogP contribution is 1.93. The third-order valence-electron chi connectivity index (χ3n) is 1.03. The lowest BCUT2D eigenvalue weighted by Gasteiger charge is -1.90. The number of nitrogens with one attached hydrogen (secondary N) is 1. The molecule has 0 aromatic heterocycles. The molecule has 3 heteroatoms. The second-order valence-electron chi connectivity index (χ2n) is 1.96. The van der Waals surface area contributed by atoms with Crippen molar-refractivity contribution in [3.63, 3.8) is 0 Å². The van der Waals surface area contributed by atoms with Crippen LogP contribution in [-0.2, 0) is 0 Å². The Hall–Kier alpha value is -0.120. The van der Waals surface area contributed by atoms with Crippen molar-refractivity contribution >= 4 is 0 Å². The molecule has 1 fully saturated rings. The van der Waals surface area contributed by atoms with Crippen LogP contribution in [0.4, 0.5) is 0 Å². The van der Waals surface area contributed by atoms with E-state index in [0.29, 0.717) is 0 Å². The van der Waals surface area contributed by atoms with Crippen LogP contribution in [0.25, 0.3) is 0 Å². The molecule has 9 heavy (non-hydrogen) atoms. The molecule has 1 atom stereocenters. The Morgan fingerprint density at radius 3 is 2.33 bits per heavy atom. The van der Waals surface area contributed by atoms with E-state index in [1.165, 1.54) is 0 Å². The molecule has 3 N–H and O–H groups in total. The second-order valence-corrected chi connectivity index (χ2v) is 1.96. The van der Waals surface area contributed by atoms with Crippen molar-refractivity contribution in [1.29, 1.82) is 0 Å². The van der Waals surface area contributed by atoms with Crippen LogP contribution >= 0.6 is 0 Å². The zero-order valence-corrected chi connectivity index (χ0v) is 5.80. The molecule has 0 aromatic rings. The number of aliphatic hydroxyl groups excluding tert-OH is 2. The van der Waals surface area contributed by atoms with Gasteiger partial charge in [0.25, 0.3) is 0 Å². The Bertz CT molecular complexity index is 53.0. The van der Waals surface area contributed by atoms with Gasteiger partial charge in [0.05, 0.1) is 6.10 Å². The summed E-state index contributed by atoms with van der Waals surface area (Å²) in [6.45, 7) is 3.71. The molecule has 3 nitrogen and oxygen atoms in total. The average molecular weight is 133 g/mol. The van der Waals surface area contributed by atoms with Crippen molar-refractivity contribution in [1.82, 2.24) is 5.32 Å². The van der Waals surface area contributed by atoms with Gasteiger partial charge in [0.15, 0.2) is 0 Å². The van der Waals surface area contributed by atoms with Crippen LogP contribution in [0.15, 0.2) is 0 Å². The summed E-state index contributed by atoms with van der Waals surface area (Å²) in [5.74, 6) is 0. The molecule has 0 radical (unpaired) electrons. The first-order valence-electron chi connectivity index (χ1n) is 3.31. The first kappa shape index (κ1) is 8.88. The number of rotatable bonds is 0. The van der Waals surface area contributed by atoms with Crippen molar-refractivity contribution in [3.8, 4) is 0 Å². The van der Waals surface area contributed by atoms with Crippen LogP contribution in [0.5, 0.6) is 0 Å². The topological polar surface area (TPSA) is 52.5 Å². The van der Waals surface area contributed by atoms with Crippen molar-refractivity contribution in [2.24, 2.45) is 0 Å². The number of hydrogen-bond donors (Lipinski definition) is 3. The van der Waals surface area contributed by atoms with Gasteiger partial charge >= 0.3 is 0 Å². The van der Waals surface area contributed by atoms with Gasteiger partial charge in [0.2, 0.25) is 0 Å². The molecule has 0 unspecified atom stereocenters. The van der Waals surface area contributed by atoms with E-state index in [1.54, 1.807) is 6.92 Å². The van der Waals surface area contributed by atoms with Gasteiger partial charge < -0.3 is 15.5 Å². The van der Waals surface area contributed by atoms with Crippen molar-refractivity contribution < 1.29 is 10.2 Å². The quantitative estimate of drug-likeness (QED) is 0.411. The van der Waals surface area contributed by atoms with E-state index in [0.717, 1.165) is 19.5 Å². The van der Waals surface area contributed by atoms with Crippen molar-refractivity contribution in [2.45, 2.75) is 19.4 Å². The van der Waals surface area contributed by atoms with Crippen LogP contribution in [0.1, 0.15) is 13.3 Å². The molecule has 1 saturated heterocycles. The molecule has 1 rings (SSSR count). The lowest BCUT2D eigenvalue weighted by atomic mass is 10.3.